The highest BCUT2D eigenvalue weighted by Gasteiger charge is 2.28. The molecule has 21 heavy (non-hydrogen) atoms. The zero-order chi connectivity index (χ0) is 15.5. The van der Waals surface area contributed by atoms with Gasteiger partial charge in [-0.25, -0.2) is 8.42 Å². The number of hydrogen-bond acceptors (Lipinski definition) is 4. The van der Waals surface area contributed by atoms with Gasteiger partial charge in [0.05, 0.1) is 0 Å². The SMILES string of the molecule is NC(=O)Cn1cccc(S(=O)(=O)N2CCCCCC2)c1=O. The Morgan fingerprint density at radius 2 is 1.81 bits per heavy atom. The lowest BCUT2D eigenvalue weighted by Crippen LogP contribution is -2.37. The standard InChI is InChI=1S/C13H19N3O4S/c14-12(17)10-15-7-5-6-11(13(15)18)21(19,20)16-8-3-1-2-4-9-16/h5-7H,1-4,8-10H2,(H2,14,17). The third kappa shape index (κ3) is 3.51. The van der Waals surface area contributed by atoms with E-state index in [4.69, 9.17) is 5.73 Å². The second-order valence-electron chi connectivity index (χ2n) is 5.09. The van der Waals surface area contributed by atoms with Crippen LogP contribution in [0, 0.1) is 0 Å². The summed E-state index contributed by atoms with van der Waals surface area (Å²) in [6.45, 7) is 0.515. The molecule has 0 aromatic carbocycles. The highest BCUT2D eigenvalue weighted by molar-refractivity contribution is 7.89. The van der Waals surface area contributed by atoms with Crippen LogP contribution in [0.25, 0.3) is 0 Å². The van der Waals surface area contributed by atoms with Gasteiger partial charge in [-0.1, -0.05) is 12.8 Å². The number of aromatic nitrogens is 1. The maximum atomic E-state index is 12.6. The van der Waals surface area contributed by atoms with Gasteiger partial charge >= 0.3 is 0 Å². The Kier molecular flexibility index (Phi) is 4.79. The summed E-state index contributed by atoms with van der Waals surface area (Å²) in [6.07, 6.45) is 4.93. The van der Waals surface area contributed by atoms with Gasteiger partial charge in [-0.3, -0.25) is 9.59 Å². The lowest BCUT2D eigenvalue weighted by atomic mass is 10.2. The number of nitrogens with zero attached hydrogens (tertiary/aromatic N) is 2. The van der Waals surface area contributed by atoms with E-state index < -0.39 is 21.5 Å². The molecule has 0 saturated carbocycles. The van der Waals surface area contributed by atoms with Crippen molar-refractivity contribution < 1.29 is 13.2 Å². The van der Waals surface area contributed by atoms with Gasteiger partial charge in [-0.05, 0) is 25.0 Å². The van der Waals surface area contributed by atoms with E-state index in [1.807, 2.05) is 0 Å². The molecule has 0 aliphatic carbocycles. The van der Waals surface area contributed by atoms with Crippen molar-refractivity contribution in [2.45, 2.75) is 37.1 Å². The number of nitrogens with two attached hydrogens (primary N) is 1. The smallest absolute Gasteiger partial charge is 0.271 e. The first kappa shape index (κ1) is 15.7. The molecule has 1 aliphatic heterocycles. The van der Waals surface area contributed by atoms with Crippen molar-refractivity contribution in [2.24, 2.45) is 5.73 Å². The first-order chi connectivity index (χ1) is 9.93. The Balaban J connectivity index is 2.40. The molecule has 1 fully saturated rings. The molecule has 1 aromatic rings. The lowest BCUT2D eigenvalue weighted by molar-refractivity contribution is -0.118. The first-order valence-corrected chi connectivity index (χ1v) is 8.35. The van der Waals surface area contributed by atoms with Crippen molar-refractivity contribution in [1.29, 1.82) is 0 Å². The van der Waals surface area contributed by atoms with Gasteiger partial charge in [-0.2, -0.15) is 4.31 Å². The van der Waals surface area contributed by atoms with E-state index in [2.05, 4.69) is 0 Å². The number of amides is 1. The number of sulfonamides is 1. The summed E-state index contributed by atoms with van der Waals surface area (Å²) < 4.78 is 27.6. The molecule has 7 nitrogen and oxygen atoms in total. The Bertz CT molecular complexity index is 673. The maximum absolute atomic E-state index is 12.6. The summed E-state index contributed by atoms with van der Waals surface area (Å²) in [7, 11) is -3.83. The molecule has 1 saturated heterocycles. The molecule has 2 heterocycles. The van der Waals surface area contributed by atoms with Gasteiger partial charge in [0.25, 0.3) is 5.56 Å². The minimum atomic E-state index is -3.83. The molecule has 116 valence electrons. The quantitative estimate of drug-likeness (QED) is 0.838. The van der Waals surface area contributed by atoms with E-state index in [1.165, 1.54) is 22.6 Å². The Labute approximate surface area is 123 Å². The molecule has 0 atom stereocenters. The third-order valence-corrected chi connectivity index (χ3v) is 5.41. The summed E-state index contributed by atoms with van der Waals surface area (Å²) >= 11 is 0. The number of hydrogen-bond donors (Lipinski definition) is 1. The number of primary amides is 1. The molecular weight excluding hydrogens is 294 g/mol. The molecule has 1 amide bonds. The second-order valence-corrected chi connectivity index (χ2v) is 7.00. The number of carbonyl (C=O) groups excluding carboxylic acids is 1. The van der Waals surface area contributed by atoms with Crippen molar-refractivity contribution in [3.05, 3.63) is 28.7 Å². The van der Waals surface area contributed by atoms with Crippen LogP contribution in [0.3, 0.4) is 0 Å². The average Bonchev–Trinajstić information content (AvgIpc) is 2.70. The molecule has 8 heteroatoms. The summed E-state index contributed by atoms with van der Waals surface area (Å²) in [5.74, 6) is -0.693. The van der Waals surface area contributed by atoms with Gasteiger partial charge in [0.1, 0.15) is 11.4 Å². The van der Waals surface area contributed by atoms with E-state index in [0.717, 1.165) is 30.3 Å². The minimum absolute atomic E-state index is 0.298. The topological polar surface area (TPSA) is 102 Å². The van der Waals surface area contributed by atoms with Crippen LogP contribution in [0.2, 0.25) is 0 Å². The predicted octanol–water partition coefficient (Wildman–Crippen LogP) is -0.102. The summed E-state index contributed by atoms with van der Waals surface area (Å²) in [6, 6.07) is 2.72. The van der Waals surface area contributed by atoms with E-state index in [9.17, 15) is 18.0 Å². The Hall–Kier alpha value is -1.67. The normalized spacial score (nSPS) is 17.3. The van der Waals surface area contributed by atoms with Crippen LogP contribution < -0.4 is 11.3 Å². The van der Waals surface area contributed by atoms with Crippen LogP contribution in [-0.2, 0) is 21.4 Å². The first-order valence-electron chi connectivity index (χ1n) is 6.91. The number of pyridine rings is 1. The van der Waals surface area contributed by atoms with E-state index >= 15 is 0 Å². The number of rotatable bonds is 4. The fourth-order valence-electron chi connectivity index (χ4n) is 2.42. The van der Waals surface area contributed by atoms with Gasteiger partial charge in [-0.15, -0.1) is 0 Å². The molecule has 0 bridgehead atoms. The highest BCUT2D eigenvalue weighted by Crippen LogP contribution is 2.17. The zero-order valence-electron chi connectivity index (χ0n) is 11.7. The van der Waals surface area contributed by atoms with Crippen molar-refractivity contribution >= 4 is 15.9 Å². The molecule has 2 N–H and O–H groups in total. The lowest BCUT2D eigenvalue weighted by Gasteiger charge is -2.19. The van der Waals surface area contributed by atoms with E-state index in [0.29, 0.717) is 13.1 Å². The summed E-state index contributed by atoms with van der Waals surface area (Å²) in [5, 5.41) is 0. The van der Waals surface area contributed by atoms with Gasteiger partial charge in [0.15, 0.2) is 0 Å². The van der Waals surface area contributed by atoms with E-state index in [1.54, 1.807) is 0 Å². The van der Waals surface area contributed by atoms with Crippen molar-refractivity contribution in [3.8, 4) is 0 Å². The fraction of sp³-hybridized carbons (Fsp3) is 0.538. The summed E-state index contributed by atoms with van der Waals surface area (Å²) in [5.41, 5.74) is 4.35. The molecule has 0 spiro atoms. The highest BCUT2D eigenvalue weighted by atomic mass is 32.2. The fourth-order valence-corrected chi connectivity index (χ4v) is 4.03. The van der Waals surface area contributed by atoms with E-state index in [-0.39, 0.29) is 11.4 Å². The van der Waals surface area contributed by atoms with Crippen LogP contribution >= 0.6 is 0 Å². The predicted molar refractivity (Wildman–Crippen MR) is 77.1 cm³/mol. The van der Waals surface area contributed by atoms with Crippen LogP contribution in [0.1, 0.15) is 25.7 Å². The second kappa shape index (κ2) is 6.40. The number of carbonyl (C=O) groups is 1. The van der Waals surface area contributed by atoms with Crippen molar-refractivity contribution in [2.75, 3.05) is 13.1 Å². The molecule has 1 aromatic heterocycles. The van der Waals surface area contributed by atoms with Crippen LogP contribution in [0.15, 0.2) is 28.0 Å². The average molecular weight is 313 g/mol. The minimum Gasteiger partial charge on any atom is -0.368 e. The largest absolute Gasteiger partial charge is 0.368 e. The van der Waals surface area contributed by atoms with Crippen molar-refractivity contribution in [1.82, 2.24) is 8.87 Å². The molecular formula is C13H19N3O4S. The Morgan fingerprint density at radius 3 is 2.38 bits per heavy atom. The summed E-state index contributed by atoms with van der Waals surface area (Å²) in [4.78, 5) is 22.9. The molecule has 2 rings (SSSR count). The zero-order valence-corrected chi connectivity index (χ0v) is 12.5. The molecule has 0 radical (unpaired) electrons. The monoisotopic (exact) mass is 313 g/mol. The van der Waals surface area contributed by atoms with Crippen LogP contribution in [0.5, 0.6) is 0 Å². The van der Waals surface area contributed by atoms with Gasteiger partial charge in [0.2, 0.25) is 15.9 Å². The molecule has 1 aliphatic rings. The maximum Gasteiger partial charge on any atom is 0.271 e. The van der Waals surface area contributed by atoms with Crippen LogP contribution in [-0.4, -0.2) is 36.3 Å². The Morgan fingerprint density at radius 1 is 1.19 bits per heavy atom. The van der Waals surface area contributed by atoms with Crippen LogP contribution in [0.4, 0.5) is 0 Å². The van der Waals surface area contributed by atoms with Gasteiger partial charge < -0.3 is 10.3 Å². The third-order valence-electron chi connectivity index (χ3n) is 3.49. The van der Waals surface area contributed by atoms with Crippen molar-refractivity contribution in [3.63, 3.8) is 0 Å². The van der Waals surface area contributed by atoms with Gasteiger partial charge in [0, 0.05) is 19.3 Å². The molecule has 0 unspecified atom stereocenters.